The van der Waals surface area contributed by atoms with Gasteiger partial charge in [0.2, 0.25) is 0 Å². The molecule has 0 saturated carbocycles. The molecule has 0 amide bonds. The Morgan fingerprint density at radius 1 is 1.00 bits per heavy atom. The molecule has 7 nitrogen and oxygen atoms in total. The number of methoxy groups -OCH3 is 2. The highest BCUT2D eigenvalue weighted by Crippen LogP contribution is 2.30. The van der Waals surface area contributed by atoms with Crippen LogP contribution in [0.25, 0.3) is 10.9 Å². The maximum Gasteiger partial charge on any atom is 0.258 e. The van der Waals surface area contributed by atoms with E-state index in [1.807, 2.05) is 48.5 Å². The number of pyridine rings is 1. The molecule has 0 fully saturated rings. The number of ether oxygens (including phenoxy) is 2. The van der Waals surface area contributed by atoms with Crippen LogP contribution in [-0.2, 0) is 6.54 Å². The van der Waals surface area contributed by atoms with Crippen LogP contribution in [0.15, 0.2) is 71.7 Å². The first-order chi connectivity index (χ1) is 14.7. The van der Waals surface area contributed by atoms with Crippen LogP contribution in [0.2, 0.25) is 0 Å². The van der Waals surface area contributed by atoms with E-state index in [9.17, 15) is 4.79 Å². The van der Waals surface area contributed by atoms with Crippen molar-refractivity contribution >= 4 is 10.9 Å². The fourth-order valence-electron chi connectivity index (χ4n) is 3.38. The Labute approximate surface area is 173 Å². The number of aromatic nitrogens is 3. The van der Waals surface area contributed by atoms with Gasteiger partial charge in [-0.2, -0.15) is 0 Å². The van der Waals surface area contributed by atoms with E-state index in [1.165, 1.54) is 7.11 Å². The summed E-state index contributed by atoms with van der Waals surface area (Å²) < 4.78 is 10.6. The topological polar surface area (TPSA) is 89.1 Å². The second-order valence-electron chi connectivity index (χ2n) is 6.72. The second-order valence-corrected chi connectivity index (χ2v) is 6.72. The molecule has 152 valence electrons. The van der Waals surface area contributed by atoms with Gasteiger partial charge < -0.3 is 14.5 Å². The molecule has 2 aromatic carbocycles. The SMILES string of the molecule is COc1cc2nc(CNC(c3ccccc3)c3ccccn3)[nH]c(=O)c2cc1OC. The van der Waals surface area contributed by atoms with E-state index in [4.69, 9.17) is 9.47 Å². The van der Waals surface area contributed by atoms with Gasteiger partial charge >= 0.3 is 0 Å². The molecule has 0 saturated heterocycles. The van der Waals surface area contributed by atoms with Gasteiger partial charge in [0.05, 0.1) is 43.4 Å². The lowest BCUT2D eigenvalue weighted by Gasteiger charge is -2.18. The summed E-state index contributed by atoms with van der Waals surface area (Å²) in [5.41, 5.74) is 2.28. The highest BCUT2D eigenvalue weighted by Gasteiger charge is 2.16. The zero-order valence-corrected chi connectivity index (χ0v) is 16.8. The van der Waals surface area contributed by atoms with Crippen molar-refractivity contribution in [3.63, 3.8) is 0 Å². The molecule has 0 aliphatic heterocycles. The lowest BCUT2D eigenvalue weighted by atomic mass is 10.0. The van der Waals surface area contributed by atoms with E-state index in [0.717, 1.165) is 11.3 Å². The molecule has 4 rings (SSSR count). The largest absolute Gasteiger partial charge is 0.493 e. The van der Waals surface area contributed by atoms with Crippen molar-refractivity contribution in [3.05, 3.63) is 94.3 Å². The number of nitrogens with one attached hydrogen (secondary N) is 2. The van der Waals surface area contributed by atoms with Gasteiger partial charge in [-0.1, -0.05) is 36.4 Å². The number of fused-ring (bicyclic) bond motifs is 1. The molecule has 7 heteroatoms. The monoisotopic (exact) mass is 402 g/mol. The smallest absolute Gasteiger partial charge is 0.258 e. The molecule has 2 N–H and O–H groups in total. The molecule has 2 aromatic heterocycles. The van der Waals surface area contributed by atoms with E-state index in [1.54, 1.807) is 25.4 Å². The van der Waals surface area contributed by atoms with E-state index in [2.05, 4.69) is 20.3 Å². The molecule has 30 heavy (non-hydrogen) atoms. The van der Waals surface area contributed by atoms with E-state index < -0.39 is 0 Å². The average molecular weight is 402 g/mol. The van der Waals surface area contributed by atoms with Crippen LogP contribution in [0, 0.1) is 0 Å². The van der Waals surface area contributed by atoms with Gasteiger partial charge in [0.15, 0.2) is 11.5 Å². The second kappa shape index (κ2) is 8.75. The predicted molar refractivity (Wildman–Crippen MR) is 115 cm³/mol. The fourth-order valence-corrected chi connectivity index (χ4v) is 3.38. The summed E-state index contributed by atoms with van der Waals surface area (Å²) in [6, 6.07) is 19.1. The quantitative estimate of drug-likeness (QED) is 0.493. The van der Waals surface area contributed by atoms with Crippen molar-refractivity contribution in [1.82, 2.24) is 20.3 Å². The summed E-state index contributed by atoms with van der Waals surface area (Å²) in [6.07, 6.45) is 1.77. The van der Waals surface area contributed by atoms with Crippen LogP contribution in [0.4, 0.5) is 0 Å². The third-order valence-corrected chi connectivity index (χ3v) is 4.85. The summed E-state index contributed by atoms with van der Waals surface area (Å²) in [5.74, 6) is 1.54. The number of H-pyrrole nitrogens is 1. The molecule has 0 bridgehead atoms. The van der Waals surface area contributed by atoms with Crippen LogP contribution in [-0.4, -0.2) is 29.2 Å². The predicted octanol–water partition coefficient (Wildman–Crippen LogP) is 3.21. The van der Waals surface area contributed by atoms with E-state index in [-0.39, 0.29) is 11.6 Å². The summed E-state index contributed by atoms with van der Waals surface area (Å²) in [6.45, 7) is 0.357. The van der Waals surface area contributed by atoms with Crippen LogP contribution in [0.1, 0.15) is 23.1 Å². The Hall–Kier alpha value is -3.71. The first kappa shape index (κ1) is 19.6. The number of hydrogen-bond donors (Lipinski definition) is 2. The summed E-state index contributed by atoms with van der Waals surface area (Å²) in [7, 11) is 3.08. The third kappa shape index (κ3) is 4.01. The summed E-state index contributed by atoms with van der Waals surface area (Å²) in [5, 5.41) is 3.91. The Morgan fingerprint density at radius 3 is 2.43 bits per heavy atom. The number of nitrogens with zero attached hydrogens (tertiary/aromatic N) is 2. The van der Waals surface area contributed by atoms with Gasteiger partial charge in [-0.15, -0.1) is 0 Å². The zero-order valence-electron chi connectivity index (χ0n) is 16.8. The van der Waals surface area contributed by atoms with Crippen molar-refractivity contribution in [2.24, 2.45) is 0 Å². The van der Waals surface area contributed by atoms with Crippen molar-refractivity contribution in [2.45, 2.75) is 12.6 Å². The Bertz CT molecular complexity index is 1150. The van der Waals surface area contributed by atoms with Crippen LogP contribution >= 0.6 is 0 Å². The van der Waals surface area contributed by atoms with Gasteiger partial charge in [-0.25, -0.2) is 4.98 Å². The molecule has 4 aromatic rings. The maximum atomic E-state index is 12.6. The summed E-state index contributed by atoms with van der Waals surface area (Å²) in [4.78, 5) is 24.6. The van der Waals surface area contributed by atoms with Gasteiger partial charge in [-0.05, 0) is 23.8 Å². The third-order valence-electron chi connectivity index (χ3n) is 4.85. The highest BCUT2D eigenvalue weighted by atomic mass is 16.5. The van der Waals surface area contributed by atoms with Gasteiger partial charge in [-0.3, -0.25) is 15.1 Å². The van der Waals surface area contributed by atoms with Gasteiger partial charge in [0.1, 0.15) is 5.82 Å². The molecule has 1 atom stereocenters. The molecular weight excluding hydrogens is 380 g/mol. The Balaban J connectivity index is 1.66. The number of hydrogen-bond acceptors (Lipinski definition) is 6. The number of aromatic amines is 1. The maximum absolute atomic E-state index is 12.6. The molecular formula is C23H22N4O3. The first-order valence-corrected chi connectivity index (χ1v) is 9.54. The van der Waals surface area contributed by atoms with Crippen LogP contribution in [0.3, 0.4) is 0 Å². The van der Waals surface area contributed by atoms with Crippen molar-refractivity contribution in [1.29, 1.82) is 0 Å². The minimum absolute atomic E-state index is 0.140. The lowest BCUT2D eigenvalue weighted by molar-refractivity contribution is 0.355. The molecule has 1 unspecified atom stereocenters. The first-order valence-electron chi connectivity index (χ1n) is 9.54. The van der Waals surface area contributed by atoms with Crippen molar-refractivity contribution in [3.8, 4) is 11.5 Å². The normalized spacial score (nSPS) is 11.9. The molecule has 0 radical (unpaired) electrons. The minimum atomic E-state index is -0.230. The van der Waals surface area contributed by atoms with E-state index >= 15 is 0 Å². The Morgan fingerprint density at radius 2 is 1.73 bits per heavy atom. The van der Waals surface area contributed by atoms with Crippen LogP contribution in [0.5, 0.6) is 11.5 Å². The molecule has 0 aliphatic carbocycles. The van der Waals surface area contributed by atoms with Crippen molar-refractivity contribution < 1.29 is 9.47 Å². The minimum Gasteiger partial charge on any atom is -0.493 e. The molecule has 2 heterocycles. The average Bonchev–Trinajstić information content (AvgIpc) is 2.80. The highest BCUT2D eigenvalue weighted by molar-refractivity contribution is 5.81. The van der Waals surface area contributed by atoms with Crippen molar-refractivity contribution in [2.75, 3.05) is 14.2 Å². The summed E-state index contributed by atoms with van der Waals surface area (Å²) >= 11 is 0. The fraction of sp³-hybridized carbons (Fsp3) is 0.174. The van der Waals surface area contributed by atoms with Gasteiger partial charge in [0, 0.05) is 12.3 Å². The zero-order chi connectivity index (χ0) is 20.9. The van der Waals surface area contributed by atoms with Gasteiger partial charge in [0.25, 0.3) is 5.56 Å². The van der Waals surface area contributed by atoms with E-state index in [0.29, 0.717) is 34.8 Å². The Kier molecular flexibility index (Phi) is 5.72. The standard InChI is InChI=1S/C23H22N4O3/c1-29-19-12-16-18(13-20(19)30-2)26-21(27-23(16)28)14-25-22(15-8-4-3-5-9-15)17-10-6-7-11-24-17/h3-13,22,25H,14H2,1-2H3,(H,26,27,28). The number of benzene rings is 2. The number of rotatable bonds is 7. The van der Waals surface area contributed by atoms with Crippen LogP contribution < -0.4 is 20.3 Å². The lowest BCUT2D eigenvalue weighted by Crippen LogP contribution is -2.25. The molecule has 0 aliphatic rings. The molecule has 0 spiro atoms.